The largest absolute Gasteiger partial charge is 0.490 e. The average molecular weight is 411 g/mol. The standard InChI is InChI=1S/C23H25NO6/c1-3-27-19-7-4-5-8-20(19)30-21-14-28-23-16(22(21)25)9-10-18-17(23)13-24(15-29-18)11-6-12-26-2/h4-5,7-10,14H,3,6,11-13,15H2,1-2H3. The highest BCUT2D eigenvalue weighted by Gasteiger charge is 2.23. The van der Waals surface area contributed by atoms with E-state index in [0.29, 0.717) is 49.0 Å². The van der Waals surface area contributed by atoms with Crippen LogP contribution in [-0.4, -0.2) is 38.5 Å². The summed E-state index contributed by atoms with van der Waals surface area (Å²) in [6, 6.07) is 10.8. The van der Waals surface area contributed by atoms with Gasteiger partial charge in [-0.25, -0.2) is 0 Å². The number of rotatable bonds is 8. The van der Waals surface area contributed by atoms with Gasteiger partial charge in [0.2, 0.25) is 11.2 Å². The molecular formula is C23H25NO6. The lowest BCUT2D eigenvalue weighted by atomic mass is 10.1. The summed E-state index contributed by atoms with van der Waals surface area (Å²) in [7, 11) is 1.69. The van der Waals surface area contributed by atoms with E-state index >= 15 is 0 Å². The second kappa shape index (κ2) is 9.19. The Morgan fingerprint density at radius 2 is 1.93 bits per heavy atom. The minimum Gasteiger partial charge on any atom is -0.490 e. The Kier molecular flexibility index (Phi) is 6.21. The summed E-state index contributed by atoms with van der Waals surface area (Å²) in [5.74, 6) is 1.90. The van der Waals surface area contributed by atoms with Gasteiger partial charge in [0.15, 0.2) is 11.5 Å². The molecule has 7 heteroatoms. The molecule has 158 valence electrons. The van der Waals surface area contributed by atoms with E-state index in [2.05, 4.69) is 4.90 Å². The number of nitrogens with zero attached hydrogens (tertiary/aromatic N) is 1. The molecule has 0 unspecified atom stereocenters. The lowest BCUT2D eigenvalue weighted by Crippen LogP contribution is -2.33. The van der Waals surface area contributed by atoms with Crippen molar-refractivity contribution in [2.75, 3.05) is 33.6 Å². The van der Waals surface area contributed by atoms with Gasteiger partial charge in [0.1, 0.15) is 24.3 Å². The summed E-state index contributed by atoms with van der Waals surface area (Å²) in [5.41, 5.74) is 1.16. The van der Waals surface area contributed by atoms with E-state index < -0.39 is 0 Å². The molecular weight excluding hydrogens is 386 g/mol. The van der Waals surface area contributed by atoms with Crippen molar-refractivity contribution in [3.63, 3.8) is 0 Å². The minimum absolute atomic E-state index is 0.114. The van der Waals surface area contributed by atoms with Crippen LogP contribution in [0.5, 0.6) is 23.0 Å². The highest BCUT2D eigenvalue weighted by atomic mass is 16.5. The average Bonchev–Trinajstić information content (AvgIpc) is 2.77. The van der Waals surface area contributed by atoms with Crippen LogP contribution >= 0.6 is 0 Å². The molecule has 30 heavy (non-hydrogen) atoms. The first kappa shape index (κ1) is 20.3. The van der Waals surface area contributed by atoms with Crippen molar-refractivity contribution in [3.05, 3.63) is 58.4 Å². The summed E-state index contributed by atoms with van der Waals surface area (Å²) < 4.78 is 28.3. The lowest BCUT2D eigenvalue weighted by molar-refractivity contribution is 0.0838. The van der Waals surface area contributed by atoms with Gasteiger partial charge in [-0.2, -0.15) is 0 Å². The first-order valence-corrected chi connectivity index (χ1v) is 10.0. The normalized spacial score (nSPS) is 13.7. The Morgan fingerprint density at radius 1 is 1.10 bits per heavy atom. The molecule has 0 bridgehead atoms. The van der Waals surface area contributed by atoms with Crippen molar-refractivity contribution in [1.82, 2.24) is 4.90 Å². The Bertz CT molecular complexity index is 1080. The molecule has 0 aliphatic carbocycles. The van der Waals surface area contributed by atoms with Crippen LogP contribution in [0.15, 0.2) is 51.9 Å². The Hall–Kier alpha value is -3.03. The van der Waals surface area contributed by atoms with Crippen molar-refractivity contribution in [1.29, 1.82) is 0 Å². The van der Waals surface area contributed by atoms with E-state index in [0.717, 1.165) is 24.3 Å². The van der Waals surface area contributed by atoms with E-state index in [1.54, 1.807) is 25.3 Å². The molecule has 3 aromatic rings. The zero-order chi connectivity index (χ0) is 20.9. The molecule has 0 fully saturated rings. The highest BCUT2D eigenvalue weighted by molar-refractivity contribution is 5.83. The number of fused-ring (bicyclic) bond motifs is 3. The van der Waals surface area contributed by atoms with Crippen LogP contribution in [0.25, 0.3) is 11.0 Å². The van der Waals surface area contributed by atoms with Crippen molar-refractivity contribution in [3.8, 4) is 23.0 Å². The SMILES string of the molecule is CCOc1ccccc1Oc1coc2c3c(ccc2c1=O)OCN(CCCOC)C3. The summed E-state index contributed by atoms with van der Waals surface area (Å²) in [5, 5.41) is 0.461. The van der Waals surface area contributed by atoms with Crippen molar-refractivity contribution >= 4 is 11.0 Å². The fraction of sp³-hybridized carbons (Fsp3) is 0.348. The molecule has 2 heterocycles. The molecule has 1 aliphatic heterocycles. The molecule has 2 aromatic carbocycles. The van der Waals surface area contributed by atoms with Crippen LogP contribution in [0, 0.1) is 0 Å². The highest BCUT2D eigenvalue weighted by Crippen LogP contribution is 2.34. The number of ether oxygens (including phenoxy) is 4. The van der Waals surface area contributed by atoms with Crippen LogP contribution in [-0.2, 0) is 11.3 Å². The van der Waals surface area contributed by atoms with Crippen molar-refractivity contribution in [2.24, 2.45) is 0 Å². The molecule has 0 amide bonds. The number of hydrogen-bond donors (Lipinski definition) is 0. The molecule has 0 radical (unpaired) electrons. The van der Waals surface area contributed by atoms with Crippen LogP contribution in [0.2, 0.25) is 0 Å². The Balaban J connectivity index is 1.64. The second-order valence-electron chi connectivity index (χ2n) is 7.00. The first-order valence-electron chi connectivity index (χ1n) is 10.0. The number of methoxy groups -OCH3 is 1. The van der Waals surface area contributed by atoms with Gasteiger partial charge in [0.05, 0.1) is 17.6 Å². The van der Waals surface area contributed by atoms with Crippen LogP contribution in [0.1, 0.15) is 18.9 Å². The third-order valence-corrected chi connectivity index (χ3v) is 4.95. The molecule has 0 spiro atoms. The quantitative estimate of drug-likeness (QED) is 0.515. The van der Waals surface area contributed by atoms with E-state index in [-0.39, 0.29) is 11.2 Å². The van der Waals surface area contributed by atoms with Crippen molar-refractivity contribution in [2.45, 2.75) is 19.9 Å². The predicted octanol–water partition coefficient (Wildman–Crippen LogP) is 4.17. The summed E-state index contributed by atoms with van der Waals surface area (Å²) in [4.78, 5) is 15.2. The van der Waals surface area contributed by atoms with E-state index in [4.69, 9.17) is 23.4 Å². The topological polar surface area (TPSA) is 70.4 Å². The van der Waals surface area contributed by atoms with Gasteiger partial charge in [-0.15, -0.1) is 0 Å². The lowest BCUT2D eigenvalue weighted by Gasteiger charge is -2.29. The zero-order valence-electron chi connectivity index (χ0n) is 17.2. The van der Waals surface area contributed by atoms with E-state index in [1.807, 2.05) is 25.1 Å². The molecule has 1 aromatic heterocycles. The maximum absolute atomic E-state index is 13.1. The van der Waals surface area contributed by atoms with Gasteiger partial charge in [-0.1, -0.05) is 12.1 Å². The number of benzene rings is 2. The van der Waals surface area contributed by atoms with E-state index in [1.165, 1.54) is 6.26 Å². The maximum atomic E-state index is 13.1. The van der Waals surface area contributed by atoms with Gasteiger partial charge < -0.3 is 23.4 Å². The molecule has 0 saturated heterocycles. The van der Waals surface area contributed by atoms with E-state index in [9.17, 15) is 4.79 Å². The van der Waals surface area contributed by atoms with Gasteiger partial charge >= 0.3 is 0 Å². The Morgan fingerprint density at radius 3 is 2.73 bits per heavy atom. The molecule has 4 rings (SSSR count). The fourth-order valence-electron chi connectivity index (χ4n) is 3.51. The molecule has 7 nitrogen and oxygen atoms in total. The third-order valence-electron chi connectivity index (χ3n) is 4.95. The summed E-state index contributed by atoms with van der Waals surface area (Å²) >= 11 is 0. The molecule has 0 saturated carbocycles. The minimum atomic E-state index is -0.234. The summed E-state index contributed by atoms with van der Waals surface area (Å²) in [6.07, 6.45) is 2.26. The molecule has 1 aliphatic rings. The van der Waals surface area contributed by atoms with Crippen molar-refractivity contribution < 1.29 is 23.4 Å². The van der Waals surface area contributed by atoms with Gasteiger partial charge in [0, 0.05) is 26.8 Å². The monoisotopic (exact) mass is 411 g/mol. The second-order valence-corrected chi connectivity index (χ2v) is 7.00. The third kappa shape index (κ3) is 4.13. The zero-order valence-corrected chi connectivity index (χ0v) is 17.2. The number of para-hydroxylation sites is 2. The van der Waals surface area contributed by atoms with Gasteiger partial charge in [0.25, 0.3) is 0 Å². The van der Waals surface area contributed by atoms with Crippen LogP contribution in [0.3, 0.4) is 0 Å². The van der Waals surface area contributed by atoms with Gasteiger partial charge in [-0.05, 0) is 37.6 Å². The van der Waals surface area contributed by atoms with Gasteiger partial charge in [-0.3, -0.25) is 9.69 Å². The molecule has 0 N–H and O–H groups in total. The molecule has 0 atom stereocenters. The fourth-order valence-corrected chi connectivity index (χ4v) is 3.51. The smallest absolute Gasteiger partial charge is 0.235 e. The predicted molar refractivity (Wildman–Crippen MR) is 113 cm³/mol. The maximum Gasteiger partial charge on any atom is 0.235 e. The Labute approximate surface area is 174 Å². The summed E-state index contributed by atoms with van der Waals surface area (Å²) in [6.45, 7) is 5.07. The number of hydrogen-bond acceptors (Lipinski definition) is 7. The van der Waals surface area contributed by atoms with Crippen LogP contribution in [0.4, 0.5) is 0 Å². The van der Waals surface area contributed by atoms with Crippen LogP contribution < -0.4 is 19.6 Å². The first-order chi connectivity index (χ1) is 14.7.